The number of nitrogens with one attached hydrogen (secondary N) is 1. The van der Waals surface area contributed by atoms with Crippen LogP contribution in [-0.4, -0.2) is 26.4 Å². The molecule has 1 aromatic carbocycles. The van der Waals surface area contributed by atoms with Gasteiger partial charge in [0.1, 0.15) is 17.1 Å². The number of ether oxygens (including phenoxy) is 1. The van der Waals surface area contributed by atoms with Crippen molar-refractivity contribution < 1.29 is 13.5 Å². The Morgan fingerprint density at radius 2 is 2.04 bits per heavy atom. The van der Waals surface area contributed by atoms with Crippen molar-refractivity contribution in [3.05, 3.63) is 52.9 Å². The third-order valence-corrected chi connectivity index (χ3v) is 4.38. The number of H-pyrrole nitrogens is 1. The van der Waals surface area contributed by atoms with Gasteiger partial charge < -0.3 is 9.72 Å². The molecule has 1 N–H and O–H groups in total. The lowest BCUT2D eigenvalue weighted by molar-refractivity contribution is -0.0498. The molecule has 3 aromatic heterocycles. The van der Waals surface area contributed by atoms with Crippen LogP contribution in [0.1, 0.15) is 4.88 Å². The zero-order valence-electron chi connectivity index (χ0n) is 12.3. The molecule has 0 saturated heterocycles. The van der Waals surface area contributed by atoms with Crippen LogP contribution < -0.4 is 4.74 Å². The van der Waals surface area contributed by atoms with Gasteiger partial charge in [-0.2, -0.15) is 13.9 Å². The van der Waals surface area contributed by atoms with Crippen LogP contribution in [0.3, 0.4) is 0 Å². The van der Waals surface area contributed by atoms with E-state index in [0.717, 1.165) is 16.7 Å². The highest BCUT2D eigenvalue weighted by atomic mass is 32.1. The van der Waals surface area contributed by atoms with Crippen LogP contribution >= 0.6 is 11.3 Å². The lowest BCUT2D eigenvalue weighted by Crippen LogP contribution is -2.01. The van der Waals surface area contributed by atoms with E-state index < -0.39 is 6.61 Å². The number of fused-ring (bicyclic) bond motifs is 1. The van der Waals surface area contributed by atoms with E-state index in [0.29, 0.717) is 12.4 Å². The normalized spacial score (nSPS) is 11.5. The number of alkyl halides is 2. The van der Waals surface area contributed by atoms with Crippen molar-refractivity contribution in [2.75, 3.05) is 0 Å². The summed E-state index contributed by atoms with van der Waals surface area (Å²) in [6.07, 6.45) is 1.73. The van der Waals surface area contributed by atoms with E-state index in [1.807, 2.05) is 22.2 Å². The topological polar surface area (TPSA) is 55.7 Å². The Labute approximate surface area is 139 Å². The molecular weight excluding hydrogens is 334 g/mol. The van der Waals surface area contributed by atoms with Gasteiger partial charge in [-0.05, 0) is 35.7 Å². The molecular formula is C16H12F2N4OS. The molecule has 0 spiro atoms. The summed E-state index contributed by atoms with van der Waals surface area (Å²) in [5.74, 6) is 0.777. The monoisotopic (exact) mass is 346 g/mol. The fourth-order valence-electron chi connectivity index (χ4n) is 2.44. The average molecular weight is 346 g/mol. The second-order valence-electron chi connectivity index (χ2n) is 5.11. The Kier molecular flexibility index (Phi) is 3.73. The molecule has 24 heavy (non-hydrogen) atoms. The third-order valence-electron chi connectivity index (χ3n) is 3.52. The standard InChI is InChI=1S/C16H12F2N4OS/c17-16(18)23-11-5-3-10(4-6-11)14-20-13-8-19-22(15(13)21-14)9-12-2-1-7-24-12/h1-8,16H,9H2,(H,20,21). The van der Waals surface area contributed by atoms with E-state index in [-0.39, 0.29) is 5.75 Å². The smallest absolute Gasteiger partial charge is 0.387 e. The van der Waals surface area contributed by atoms with E-state index >= 15 is 0 Å². The molecule has 0 aliphatic carbocycles. The molecule has 0 fully saturated rings. The number of aromatic amines is 1. The number of aromatic nitrogens is 4. The second-order valence-corrected chi connectivity index (χ2v) is 6.14. The zero-order valence-corrected chi connectivity index (χ0v) is 13.1. The van der Waals surface area contributed by atoms with E-state index in [4.69, 9.17) is 0 Å². The summed E-state index contributed by atoms with van der Waals surface area (Å²) in [6, 6.07) is 10.4. The van der Waals surface area contributed by atoms with Crippen molar-refractivity contribution in [3.63, 3.8) is 0 Å². The highest BCUT2D eigenvalue weighted by molar-refractivity contribution is 7.09. The average Bonchev–Trinajstić information content (AvgIpc) is 3.27. The van der Waals surface area contributed by atoms with Crippen molar-refractivity contribution in [3.8, 4) is 17.1 Å². The molecule has 0 unspecified atom stereocenters. The first kappa shape index (κ1) is 14.8. The summed E-state index contributed by atoms with van der Waals surface area (Å²) in [4.78, 5) is 8.96. The van der Waals surface area contributed by atoms with E-state index in [1.54, 1.807) is 29.7 Å². The minimum atomic E-state index is -2.83. The molecule has 5 nitrogen and oxygen atoms in total. The Balaban J connectivity index is 1.62. The number of nitrogens with zero attached hydrogens (tertiary/aromatic N) is 3. The van der Waals surface area contributed by atoms with Crippen molar-refractivity contribution in [2.24, 2.45) is 0 Å². The molecule has 8 heteroatoms. The van der Waals surface area contributed by atoms with Gasteiger partial charge in [0.15, 0.2) is 5.65 Å². The van der Waals surface area contributed by atoms with Crippen molar-refractivity contribution in [2.45, 2.75) is 13.2 Å². The Morgan fingerprint density at radius 1 is 1.21 bits per heavy atom. The van der Waals surface area contributed by atoms with Gasteiger partial charge in [0.25, 0.3) is 0 Å². The minimum absolute atomic E-state index is 0.119. The minimum Gasteiger partial charge on any atom is -0.435 e. The van der Waals surface area contributed by atoms with E-state index in [1.165, 1.54) is 17.0 Å². The van der Waals surface area contributed by atoms with Gasteiger partial charge in [0.2, 0.25) is 0 Å². The van der Waals surface area contributed by atoms with Crippen LogP contribution in [0.4, 0.5) is 8.78 Å². The van der Waals surface area contributed by atoms with Gasteiger partial charge in [-0.3, -0.25) is 0 Å². The van der Waals surface area contributed by atoms with E-state index in [9.17, 15) is 8.78 Å². The van der Waals surface area contributed by atoms with E-state index in [2.05, 4.69) is 19.8 Å². The Morgan fingerprint density at radius 3 is 2.75 bits per heavy atom. The molecule has 0 radical (unpaired) electrons. The molecule has 0 atom stereocenters. The van der Waals surface area contributed by atoms with Crippen LogP contribution in [0.15, 0.2) is 48.0 Å². The first-order valence-electron chi connectivity index (χ1n) is 7.18. The second kappa shape index (κ2) is 6.04. The first-order valence-corrected chi connectivity index (χ1v) is 8.06. The first-order chi connectivity index (χ1) is 11.7. The maximum atomic E-state index is 12.2. The maximum absolute atomic E-state index is 12.2. The summed E-state index contributed by atoms with van der Waals surface area (Å²) in [6.45, 7) is -2.17. The molecule has 0 bridgehead atoms. The Bertz CT molecular complexity index is 944. The SMILES string of the molecule is FC(F)Oc1ccc(-c2nc3c(cnn3Cc3cccs3)[nH]2)cc1. The van der Waals surface area contributed by atoms with Crippen LogP contribution in [0, 0.1) is 0 Å². The fourth-order valence-corrected chi connectivity index (χ4v) is 3.13. The fraction of sp³-hybridized carbons (Fsp3) is 0.125. The van der Waals surface area contributed by atoms with Crippen molar-refractivity contribution >= 4 is 22.5 Å². The quantitative estimate of drug-likeness (QED) is 0.591. The van der Waals surface area contributed by atoms with Crippen LogP contribution in [0.25, 0.3) is 22.6 Å². The van der Waals surface area contributed by atoms with Crippen LogP contribution in [-0.2, 0) is 6.54 Å². The van der Waals surface area contributed by atoms with Gasteiger partial charge >= 0.3 is 6.61 Å². The lowest BCUT2D eigenvalue weighted by Gasteiger charge is -2.04. The lowest BCUT2D eigenvalue weighted by atomic mass is 10.2. The summed E-state index contributed by atoms with van der Waals surface area (Å²) in [7, 11) is 0. The predicted octanol–water partition coefficient (Wildman–Crippen LogP) is 4.14. The molecule has 3 heterocycles. The van der Waals surface area contributed by atoms with Gasteiger partial charge in [0.05, 0.1) is 12.7 Å². The number of halogens is 2. The molecule has 0 amide bonds. The van der Waals surface area contributed by atoms with Gasteiger partial charge in [-0.25, -0.2) is 9.67 Å². The molecule has 4 aromatic rings. The van der Waals surface area contributed by atoms with Gasteiger partial charge in [-0.1, -0.05) is 6.07 Å². The number of hydrogen-bond donors (Lipinski definition) is 1. The molecule has 0 aliphatic heterocycles. The number of imidazole rings is 1. The largest absolute Gasteiger partial charge is 0.435 e. The van der Waals surface area contributed by atoms with Gasteiger partial charge in [0, 0.05) is 10.4 Å². The summed E-state index contributed by atoms with van der Waals surface area (Å²) < 4.78 is 30.6. The molecule has 0 saturated carbocycles. The summed E-state index contributed by atoms with van der Waals surface area (Å²) >= 11 is 1.67. The number of hydrogen-bond acceptors (Lipinski definition) is 4. The highest BCUT2D eigenvalue weighted by Crippen LogP contribution is 2.24. The van der Waals surface area contributed by atoms with Crippen LogP contribution in [0.5, 0.6) is 5.75 Å². The summed E-state index contributed by atoms with van der Waals surface area (Å²) in [5, 5.41) is 6.36. The number of benzene rings is 1. The van der Waals surface area contributed by atoms with Crippen LogP contribution in [0.2, 0.25) is 0 Å². The van der Waals surface area contributed by atoms with Crippen molar-refractivity contribution in [1.29, 1.82) is 0 Å². The maximum Gasteiger partial charge on any atom is 0.387 e. The Hall–Kier alpha value is -2.74. The third kappa shape index (κ3) is 2.88. The molecule has 4 rings (SSSR count). The van der Waals surface area contributed by atoms with Crippen molar-refractivity contribution in [1.82, 2.24) is 19.7 Å². The highest BCUT2D eigenvalue weighted by Gasteiger charge is 2.12. The zero-order chi connectivity index (χ0) is 16.5. The number of rotatable bonds is 5. The number of thiophene rings is 1. The predicted molar refractivity (Wildman–Crippen MR) is 87.4 cm³/mol. The molecule has 122 valence electrons. The molecule has 0 aliphatic rings. The summed E-state index contributed by atoms with van der Waals surface area (Å²) in [5.41, 5.74) is 2.37. The van der Waals surface area contributed by atoms with Gasteiger partial charge in [-0.15, -0.1) is 11.3 Å².